The molecule has 6 nitrogen and oxygen atoms in total. The molecule has 21 heavy (non-hydrogen) atoms. The molecule has 112 valence electrons. The average molecular weight is 287 g/mol. The van der Waals surface area contributed by atoms with Crippen LogP contribution >= 0.6 is 0 Å². The summed E-state index contributed by atoms with van der Waals surface area (Å²) in [7, 11) is 0. The van der Waals surface area contributed by atoms with Crippen molar-refractivity contribution in [2.75, 3.05) is 31.1 Å². The third kappa shape index (κ3) is 3.50. The van der Waals surface area contributed by atoms with Crippen molar-refractivity contribution in [1.82, 2.24) is 9.88 Å². The maximum absolute atomic E-state index is 11.5. The van der Waals surface area contributed by atoms with Gasteiger partial charge < -0.3 is 10.6 Å². The summed E-state index contributed by atoms with van der Waals surface area (Å²) in [5.41, 5.74) is 5.85. The second-order valence-electron chi connectivity index (χ2n) is 5.20. The average Bonchev–Trinajstić information content (AvgIpc) is 2.53. The Morgan fingerprint density at radius 1 is 1.48 bits per heavy atom. The van der Waals surface area contributed by atoms with Gasteiger partial charge in [0.15, 0.2) is 0 Å². The van der Waals surface area contributed by atoms with Crippen LogP contribution in [0.15, 0.2) is 18.3 Å². The summed E-state index contributed by atoms with van der Waals surface area (Å²) >= 11 is 0. The predicted octanol–water partition coefficient (Wildman–Crippen LogP) is 0.995. The minimum Gasteiger partial charge on any atom is -0.365 e. The van der Waals surface area contributed by atoms with E-state index in [9.17, 15) is 10.1 Å². The Balaban J connectivity index is 2.05. The normalized spacial score (nSPS) is 17.2. The molecule has 2 heterocycles. The lowest BCUT2D eigenvalue weighted by Crippen LogP contribution is -2.50. The summed E-state index contributed by atoms with van der Waals surface area (Å²) in [6.45, 7) is 5.19. The van der Waals surface area contributed by atoms with Gasteiger partial charge in [-0.15, -0.1) is 0 Å². The summed E-state index contributed by atoms with van der Waals surface area (Å²) in [5.74, 6) is 0.190. The van der Waals surface area contributed by atoms with Crippen LogP contribution in [-0.2, 0) is 0 Å². The molecule has 0 aliphatic carbocycles. The molecule has 1 saturated heterocycles. The molecule has 0 radical (unpaired) electrons. The number of rotatable bonds is 5. The topological polar surface area (TPSA) is 86.2 Å². The van der Waals surface area contributed by atoms with Gasteiger partial charge in [-0.05, 0) is 18.6 Å². The number of aromatic nitrogens is 1. The summed E-state index contributed by atoms with van der Waals surface area (Å²) in [6.07, 6.45) is 3.57. The third-order valence-corrected chi connectivity index (χ3v) is 3.82. The number of piperazine rings is 1. The number of anilines is 1. The maximum Gasteiger partial charge on any atom is 0.252 e. The van der Waals surface area contributed by atoms with Crippen LogP contribution < -0.4 is 10.6 Å². The summed E-state index contributed by atoms with van der Waals surface area (Å²) in [4.78, 5) is 20.0. The molecule has 1 atom stereocenters. The van der Waals surface area contributed by atoms with E-state index in [0.29, 0.717) is 11.4 Å². The van der Waals surface area contributed by atoms with Crippen molar-refractivity contribution >= 4 is 11.7 Å². The lowest BCUT2D eigenvalue weighted by molar-refractivity contribution is 0.1000. The second-order valence-corrected chi connectivity index (χ2v) is 5.20. The van der Waals surface area contributed by atoms with Gasteiger partial charge in [-0.25, -0.2) is 4.98 Å². The Hall–Kier alpha value is -2.13. The van der Waals surface area contributed by atoms with Crippen LogP contribution in [-0.4, -0.2) is 48.0 Å². The van der Waals surface area contributed by atoms with Gasteiger partial charge in [0.2, 0.25) is 0 Å². The van der Waals surface area contributed by atoms with Crippen molar-refractivity contribution < 1.29 is 4.79 Å². The van der Waals surface area contributed by atoms with E-state index in [4.69, 9.17) is 5.73 Å². The van der Waals surface area contributed by atoms with Crippen LogP contribution in [0.5, 0.6) is 0 Å². The summed E-state index contributed by atoms with van der Waals surface area (Å²) in [6, 6.07) is 5.77. The third-order valence-electron chi connectivity index (χ3n) is 3.82. The van der Waals surface area contributed by atoms with E-state index in [0.717, 1.165) is 39.0 Å². The Morgan fingerprint density at radius 3 is 2.76 bits per heavy atom. The van der Waals surface area contributed by atoms with Crippen molar-refractivity contribution in [3.05, 3.63) is 23.9 Å². The molecule has 0 spiro atoms. The highest BCUT2D eigenvalue weighted by molar-refractivity contribution is 5.97. The molecule has 0 saturated carbocycles. The number of carbonyl (C=O) groups excluding carboxylic acids is 1. The molecule has 1 amide bonds. The van der Waals surface area contributed by atoms with Crippen LogP contribution in [0.4, 0.5) is 5.82 Å². The zero-order valence-electron chi connectivity index (χ0n) is 12.3. The van der Waals surface area contributed by atoms with Gasteiger partial charge in [0, 0.05) is 32.4 Å². The first-order valence-electron chi connectivity index (χ1n) is 7.30. The highest BCUT2D eigenvalue weighted by Gasteiger charge is 2.25. The molecular formula is C15H21N5O. The van der Waals surface area contributed by atoms with E-state index in [1.807, 2.05) is 0 Å². The molecule has 2 N–H and O–H groups in total. The Bertz CT molecular complexity index is 531. The highest BCUT2D eigenvalue weighted by atomic mass is 16.1. The zero-order chi connectivity index (χ0) is 15.2. The summed E-state index contributed by atoms with van der Waals surface area (Å²) in [5, 5.41) is 9.23. The standard InChI is InChI=1S/C15H21N5O/c1-2-4-12(11-16)19-7-9-20(10-8-19)15-13(14(17)21)5-3-6-18-15/h3,5-6,12H,2,4,7-10H2,1H3,(H2,17,21). The number of pyridine rings is 1. The van der Waals surface area contributed by atoms with Crippen LogP contribution in [0.25, 0.3) is 0 Å². The van der Waals surface area contributed by atoms with Gasteiger partial charge >= 0.3 is 0 Å². The second kappa shape index (κ2) is 7.04. The molecule has 0 aromatic carbocycles. The molecule has 2 rings (SSSR count). The molecule has 1 unspecified atom stereocenters. The van der Waals surface area contributed by atoms with E-state index in [-0.39, 0.29) is 6.04 Å². The van der Waals surface area contributed by atoms with Crippen molar-refractivity contribution in [3.63, 3.8) is 0 Å². The quantitative estimate of drug-likeness (QED) is 0.873. The van der Waals surface area contributed by atoms with E-state index >= 15 is 0 Å². The first kappa shape index (κ1) is 15.3. The molecular weight excluding hydrogens is 266 g/mol. The minimum absolute atomic E-state index is 0.0171. The zero-order valence-corrected chi connectivity index (χ0v) is 12.3. The van der Waals surface area contributed by atoms with E-state index in [2.05, 4.69) is 27.8 Å². The molecule has 0 bridgehead atoms. The number of hydrogen-bond donors (Lipinski definition) is 1. The number of nitriles is 1. The first-order valence-corrected chi connectivity index (χ1v) is 7.30. The Labute approximate surface area is 125 Å². The number of amides is 1. The van der Waals surface area contributed by atoms with Gasteiger partial charge in [-0.2, -0.15) is 5.26 Å². The van der Waals surface area contributed by atoms with Gasteiger partial charge in [0.25, 0.3) is 5.91 Å². The number of carbonyl (C=O) groups is 1. The fourth-order valence-corrected chi connectivity index (χ4v) is 2.69. The van der Waals surface area contributed by atoms with Gasteiger partial charge in [-0.1, -0.05) is 13.3 Å². The number of nitrogens with two attached hydrogens (primary N) is 1. The maximum atomic E-state index is 11.5. The smallest absolute Gasteiger partial charge is 0.252 e. The van der Waals surface area contributed by atoms with Crippen molar-refractivity contribution in [1.29, 1.82) is 5.26 Å². The fraction of sp³-hybridized carbons (Fsp3) is 0.533. The number of nitrogens with zero attached hydrogens (tertiary/aromatic N) is 4. The highest BCUT2D eigenvalue weighted by Crippen LogP contribution is 2.19. The molecule has 1 aliphatic rings. The van der Waals surface area contributed by atoms with E-state index < -0.39 is 5.91 Å². The van der Waals surface area contributed by atoms with Crippen molar-refractivity contribution in [3.8, 4) is 6.07 Å². The molecule has 1 aliphatic heterocycles. The van der Waals surface area contributed by atoms with E-state index in [1.165, 1.54) is 0 Å². The van der Waals surface area contributed by atoms with Crippen molar-refractivity contribution in [2.24, 2.45) is 5.73 Å². The monoisotopic (exact) mass is 287 g/mol. The Morgan fingerprint density at radius 2 is 2.19 bits per heavy atom. The molecule has 1 aromatic heterocycles. The molecule has 6 heteroatoms. The predicted molar refractivity (Wildman–Crippen MR) is 80.8 cm³/mol. The van der Waals surface area contributed by atoms with E-state index in [1.54, 1.807) is 18.3 Å². The lowest BCUT2D eigenvalue weighted by Gasteiger charge is -2.37. The molecule has 1 fully saturated rings. The Kier molecular flexibility index (Phi) is 5.12. The van der Waals surface area contributed by atoms with Crippen LogP contribution in [0.1, 0.15) is 30.1 Å². The number of primary amides is 1. The SMILES string of the molecule is CCCC(C#N)N1CCN(c2ncccc2C(N)=O)CC1. The largest absolute Gasteiger partial charge is 0.365 e. The summed E-state index contributed by atoms with van der Waals surface area (Å²) < 4.78 is 0. The number of hydrogen-bond acceptors (Lipinski definition) is 5. The van der Waals surface area contributed by atoms with Gasteiger partial charge in [0.1, 0.15) is 5.82 Å². The first-order chi connectivity index (χ1) is 10.2. The van der Waals surface area contributed by atoms with Gasteiger partial charge in [-0.3, -0.25) is 9.69 Å². The minimum atomic E-state index is -0.457. The van der Waals surface area contributed by atoms with Gasteiger partial charge in [0.05, 0.1) is 17.7 Å². The lowest BCUT2D eigenvalue weighted by atomic mass is 10.1. The van der Waals surface area contributed by atoms with Crippen molar-refractivity contribution in [2.45, 2.75) is 25.8 Å². The fourth-order valence-electron chi connectivity index (χ4n) is 2.69. The molecule has 1 aromatic rings. The van der Waals surface area contributed by atoms with Crippen LogP contribution in [0.2, 0.25) is 0 Å². The van der Waals surface area contributed by atoms with Crippen LogP contribution in [0, 0.1) is 11.3 Å². The van der Waals surface area contributed by atoms with Crippen LogP contribution in [0.3, 0.4) is 0 Å².